The molecule has 0 radical (unpaired) electrons. The van der Waals surface area contributed by atoms with E-state index in [1.807, 2.05) is 0 Å². The van der Waals surface area contributed by atoms with Crippen molar-refractivity contribution in [3.8, 4) is 0 Å². The highest BCUT2D eigenvalue weighted by Gasteiger charge is 2.44. The van der Waals surface area contributed by atoms with Crippen LogP contribution in [0, 0.1) is 0 Å². The van der Waals surface area contributed by atoms with Crippen LogP contribution in [0.15, 0.2) is 24.4 Å². The van der Waals surface area contributed by atoms with E-state index in [4.69, 9.17) is 4.74 Å². The average Bonchev–Trinajstić information content (AvgIpc) is 2.50. The molecule has 0 saturated carbocycles. The van der Waals surface area contributed by atoms with Gasteiger partial charge in [-0.3, -0.25) is 4.98 Å². The summed E-state index contributed by atoms with van der Waals surface area (Å²) in [7, 11) is 0. The maximum atomic E-state index is 9.90. The number of aliphatic hydroxyl groups is 2. The van der Waals surface area contributed by atoms with Gasteiger partial charge in [-0.15, -0.1) is 0 Å². The van der Waals surface area contributed by atoms with Crippen molar-refractivity contribution in [3.63, 3.8) is 0 Å². The van der Waals surface area contributed by atoms with E-state index in [0.29, 0.717) is 18.7 Å². The zero-order chi connectivity index (χ0) is 9.31. The van der Waals surface area contributed by atoms with E-state index >= 15 is 0 Å². The Kier molecular flexibility index (Phi) is 2.03. The number of hydrogen-bond acceptors (Lipinski definition) is 4. The summed E-state index contributed by atoms with van der Waals surface area (Å²) in [5.41, 5.74) is 0.361. The Hall–Kier alpha value is -0.970. The van der Waals surface area contributed by atoms with Crippen molar-refractivity contribution in [1.29, 1.82) is 0 Å². The van der Waals surface area contributed by atoms with Gasteiger partial charge in [-0.05, 0) is 12.1 Å². The molecule has 0 spiro atoms. The quantitative estimate of drug-likeness (QED) is 0.640. The number of aliphatic hydroxyl groups excluding tert-OH is 1. The van der Waals surface area contributed by atoms with Gasteiger partial charge in [0.15, 0.2) is 0 Å². The standard InChI is InChI=1S/C9H11NO3/c11-8-4-6-13-9(8,12)7-3-1-2-5-10-7/h1-3,5,8,11-12H,4,6H2. The third-order valence-electron chi connectivity index (χ3n) is 2.20. The van der Waals surface area contributed by atoms with Crippen LogP contribution >= 0.6 is 0 Å². The molecule has 0 aromatic carbocycles. The molecule has 2 heterocycles. The number of ether oxygens (including phenoxy) is 1. The highest BCUT2D eigenvalue weighted by atomic mass is 16.6. The summed E-state index contributed by atoms with van der Waals surface area (Å²) >= 11 is 0. The minimum absolute atomic E-state index is 0.355. The second-order valence-electron chi connectivity index (χ2n) is 3.06. The largest absolute Gasteiger partial charge is 0.387 e. The molecule has 0 amide bonds. The molecular formula is C9H11NO3. The van der Waals surface area contributed by atoms with E-state index in [9.17, 15) is 10.2 Å². The highest BCUT2D eigenvalue weighted by Crippen LogP contribution is 2.31. The first kappa shape index (κ1) is 8.62. The number of hydrogen-bond donors (Lipinski definition) is 2. The van der Waals surface area contributed by atoms with Gasteiger partial charge in [-0.25, -0.2) is 0 Å². The van der Waals surface area contributed by atoms with Gasteiger partial charge >= 0.3 is 0 Å². The minimum atomic E-state index is -1.61. The van der Waals surface area contributed by atoms with Crippen molar-refractivity contribution in [2.75, 3.05) is 6.61 Å². The number of rotatable bonds is 1. The van der Waals surface area contributed by atoms with Crippen LogP contribution < -0.4 is 0 Å². The van der Waals surface area contributed by atoms with E-state index in [1.54, 1.807) is 24.4 Å². The van der Waals surface area contributed by atoms with Crippen molar-refractivity contribution >= 4 is 0 Å². The second-order valence-corrected chi connectivity index (χ2v) is 3.06. The summed E-state index contributed by atoms with van der Waals surface area (Å²) in [4.78, 5) is 3.95. The summed E-state index contributed by atoms with van der Waals surface area (Å²) in [6.45, 7) is 0.355. The molecule has 1 aliphatic rings. The Morgan fingerprint density at radius 3 is 2.92 bits per heavy atom. The molecule has 2 unspecified atom stereocenters. The fourth-order valence-corrected chi connectivity index (χ4v) is 1.44. The number of pyridine rings is 1. The molecule has 0 bridgehead atoms. The van der Waals surface area contributed by atoms with Crippen molar-refractivity contribution < 1.29 is 14.9 Å². The SMILES string of the molecule is OC1CCOC1(O)c1ccccn1. The van der Waals surface area contributed by atoms with Gasteiger partial charge in [0.25, 0.3) is 0 Å². The summed E-state index contributed by atoms with van der Waals surface area (Å²) in [5.74, 6) is -1.61. The van der Waals surface area contributed by atoms with Gasteiger partial charge in [0, 0.05) is 12.6 Å². The zero-order valence-corrected chi connectivity index (χ0v) is 7.05. The molecule has 2 rings (SSSR count). The number of nitrogens with zero attached hydrogens (tertiary/aromatic N) is 1. The second kappa shape index (κ2) is 3.06. The lowest BCUT2D eigenvalue weighted by atomic mass is 10.1. The Bertz CT molecular complexity index is 290. The summed E-state index contributed by atoms with van der Waals surface area (Å²) in [6, 6.07) is 5.12. The molecule has 1 saturated heterocycles. The fraction of sp³-hybridized carbons (Fsp3) is 0.444. The third-order valence-corrected chi connectivity index (χ3v) is 2.20. The topological polar surface area (TPSA) is 62.6 Å². The third kappa shape index (κ3) is 1.33. The molecule has 2 atom stereocenters. The maximum Gasteiger partial charge on any atom is 0.236 e. The van der Waals surface area contributed by atoms with Crippen LogP contribution in [0.3, 0.4) is 0 Å². The molecule has 70 valence electrons. The van der Waals surface area contributed by atoms with Crippen LogP contribution in [-0.2, 0) is 10.5 Å². The van der Waals surface area contributed by atoms with E-state index < -0.39 is 11.9 Å². The minimum Gasteiger partial charge on any atom is -0.387 e. The smallest absolute Gasteiger partial charge is 0.236 e. The zero-order valence-electron chi connectivity index (χ0n) is 7.05. The van der Waals surface area contributed by atoms with Crippen molar-refractivity contribution in [3.05, 3.63) is 30.1 Å². The summed E-state index contributed by atoms with van der Waals surface area (Å²) in [6.07, 6.45) is 1.11. The monoisotopic (exact) mass is 181 g/mol. The first-order valence-electron chi connectivity index (χ1n) is 4.19. The van der Waals surface area contributed by atoms with Gasteiger partial charge in [0.1, 0.15) is 11.8 Å². The molecular weight excluding hydrogens is 170 g/mol. The Balaban J connectivity index is 2.34. The van der Waals surface area contributed by atoms with Crippen molar-refractivity contribution in [2.45, 2.75) is 18.3 Å². The first-order valence-corrected chi connectivity index (χ1v) is 4.19. The van der Waals surface area contributed by atoms with Gasteiger partial charge < -0.3 is 14.9 Å². The summed E-state index contributed by atoms with van der Waals surface area (Å²) in [5, 5.41) is 19.4. The molecule has 0 aliphatic carbocycles. The molecule has 2 N–H and O–H groups in total. The van der Waals surface area contributed by atoms with E-state index in [1.165, 1.54) is 0 Å². The van der Waals surface area contributed by atoms with E-state index in [2.05, 4.69) is 4.98 Å². The van der Waals surface area contributed by atoms with Crippen molar-refractivity contribution in [1.82, 2.24) is 4.98 Å². The van der Waals surface area contributed by atoms with Crippen LogP contribution in [0.25, 0.3) is 0 Å². The van der Waals surface area contributed by atoms with Crippen LogP contribution in [0.1, 0.15) is 12.1 Å². The fourth-order valence-electron chi connectivity index (χ4n) is 1.44. The van der Waals surface area contributed by atoms with Crippen molar-refractivity contribution in [2.24, 2.45) is 0 Å². The van der Waals surface area contributed by atoms with E-state index in [0.717, 1.165) is 0 Å². The predicted octanol–water partition coefficient (Wildman–Crippen LogP) is 0.00790. The van der Waals surface area contributed by atoms with Gasteiger partial charge in [0.05, 0.1) is 6.61 Å². The van der Waals surface area contributed by atoms with Crippen LogP contribution in [0.2, 0.25) is 0 Å². The summed E-state index contributed by atoms with van der Waals surface area (Å²) < 4.78 is 5.08. The lowest BCUT2D eigenvalue weighted by molar-refractivity contribution is -0.224. The normalized spacial score (nSPS) is 33.5. The first-order chi connectivity index (χ1) is 6.23. The number of aromatic nitrogens is 1. The Morgan fingerprint density at radius 2 is 2.38 bits per heavy atom. The van der Waals surface area contributed by atoms with Gasteiger partial charge in [-0.2, -0.15) is 0 Å². The highest BCUT2D eigenvalue weighted by molar-refractivity contribution is 5.13. The maximum absolute atomic E-state index is 9.90. The molecule has 13 heavy (non-hydrogen) atoms. The molecule has 1 aromatic heterocycles. The Labute approximate surface area is 75.8 Å². The molecule has 1 aliphatic heterocycles. The van der Waals surface area contributed by atoms with Crippen LogP contribution in [-0.4, -0.2) is 27.9 Å². The predicted molar refractivity (Wildman–Crippen MR) is 44.7 cm³/mol. The van der Waals surface area contributed by atoms with Gasteiger partial charge in [-0.1, -0.05) is 6.07 Å². The molecule has 4 heteroatoms. The van der Waals surface area contributed by atoms with E-state index in [-0.39, 0.29) is 0 Å². The van der Waals surface area contributed by atoms with Crippen LogP contribution in [0.4, 0.5) is 0 Å². The lowest BCUT2D eigenvalue weighted by Crippen LogP contribution is -2.36. The molecule has 1 fully saturated rings. The van der Waals surface area contributed by atoms with Crippen LogP contribution in [0.5, 0.6) is 0 Å². The molecule has 1 aromatic rings. The Morgan fingerprint density at radius 1 is 1.54 bits per heavy atom. The van der Waals surface area contributed by atoms with Gasteiger partial charge in [0.2, 0.25) is 5.79 Å². The average molecular weight is 181 g/mol. The lowest BCUT2D eigenvalue weighted by Gasteiger charge is -2.24. The molecule has 4 nitrogen and oxygen atoms in total.